The van der Waals surface area contributed by atoms with Gasteiger partial charge in [0.05, 0.1) is 49.4 Å². The van der Waals surface area contributed by atoms with Crippen molar-refractivity contribution in [2.45, 2.75) is 0 Å². The van der Waals surface area contributed by atoms with Crippen LogP contribution in [-0.4, -0.2) is 43.4 Å². The summed E-state index contributed by atoms with van der Waals surface area (Å²) < 4.78 is 0. The molecule has 0 heterocycles. The van der Waals surface area contributed by atoms with Gasteiger partial charge in [-0.2, -0.15) is 0 Å². The van der Waals surface area contributed by atoms with Crippen LogP contribution in [0.15, 0.2) is 121 Å². The molecule has 0 aliphatic rings. The van der Waals surface area contributed by atoms with Crippen molar-refractivity contribution in [3.8, 4) is 0 Å². The summed E-state index contributed by atoms with van der Waals surface area (Å²) in [5.41, 5.74) is 6.06. The molecule has 0 bridgehead atoms. The standard InChI is InChI=1S/C30H34N2P2.2ClH.Ru/c31-21-22-32(23-25-33(27-13-5-1-6-14-27)28-15-7-2-8-16-28)24-26-34(29-17-9-3-10-18-29)30-19-11-4-12-20-30;;;/h1-20H,21-26,31H2;2*1H;/q;;;+4. The molecule has 0 amide bonds. The first-order valence-corrected chi connectivity index (χ1v) is 20.4. The van der Waals surface area contributed by atoms with Crippen LogP contribution in [0.4, 0.5) is 0 Å². The molecule has 0 unspecified atom stereocenters. The number of rotatable bonds is 12. The van der Waals surface area contributed by atoms with Crippen LogP contribution in [0.5, 0.6) is 0 Å². The maximum atomic E-state index is 6.06. The molecule has 2 nitrogen and oxygen atoms in total. The van der Waals surface area contributed by atoms with Crippen LogP contribution in [0.25, 0.3) is 0 Å². The average molecular weight is 659 g/mol. The van der Waals surface area contributed by atoms with Gasteiger partial charge in [0.1, 0.15) is 0 Å². The normalized spacial score (nSPS) is 11.0. The minimum atomic E-state index is -0.828. The summed E-state index contributed by atoms with van der Waals surface area (Å²) in [6, 6.07) is 44.3. The minimum absolute atomic E-state index is 0.346. The zero-order valence-electron chi connectivity index (χ0n) is 20.9. The van der Waals surface area contributed by atoms with E-state index in [9.17, 15) is 0 Å². The summed E-state index contributed by atoms with van der Waals surface area (Å²) in [7, 11) is 8.05. The molecule has 0 aliphatic carbocycles. The van der Waals surface area contributed by atoms with Gasteiger partial charge >= 0.3 is 34.5 Å². The average Bonchev–Trinajstić information content (AvgIpc) is 2.96. The number of benzene rings is 4. The third-order valence-electron chi connectivity index (χ3n) is 6.29. The second-order valence-electron chi connectivity index (χ2n) is 8.60. The third-order valence-corrected chi connectivity index (χ3v) is 11.9. The van der Waals surface area contributed by atoms with Gasteiger partial charge in [0, 0.05) is 26.2 Å². The van der Waals surface area contributed by atoms with E-state index in [2.05, 4.69) is 126 Å². The predicted molar refractivity (Wildman–Crippen MR) is 168 cm³/mol. The van der Waals surface area contributed by atoms with Crippen LogP contribution in [0.3, 0.4) is 0 Å². The Labute approximate surface area is 240 Å². The van der Waals surface area contributed by atoms with Crippen molar-refractivity contribution in [3.63, 3.8) is 0 Å². The molecule has 0 aliphatic heterocycles. The van der Waals surface area contributed by atoms with Crippen molar-refractivity contribution < 1.29 is 15.1 Å². The molecule has 37 heavy (non-hydrogen) atoms. The van der Waals surface area contributed by atoms with Gasteiger partial charge in [0.25, 0.3) is 0 Å². The van der Waals surface area contributed by atoms with Crippen molar-refractivity contribution in [1.29, 1.82) is 0 Å². The van der Waals surface area contributed by atoms with Gasteiger partial charge in [0.2, 0.25) is 0 Å². The van der Waals surface area contributed by atoms with E-state index in [4.69, 9.17) is 25.1 Å². The van der Waals surface area contributed by atoms with E-state index in [0.29, 0.717) is 6.54 Å². The molecule has 0 fully saturated rings. The van der Waals surface area contributed by atoms with Gasteiger partial charge in [-0.15, -0.1) is 0 Å². The van der Waals surface area contributed by atoms with E-state index in [0.717, 1.165) is 19.6 Å². The molecule has 0 saturated heterocycles. The molecule has 0 saturated carbocycles. The van der Waals surface area contributed by atoms with Gasteiger partial charge in [-0.05, 0) is 48.5 Å². The van der Waals surface area contributed by atoms with Gasteiger partial charge in [-0.1, -0.05) is 72.8 Å². The molecular formula is C30H36Cl2N2P2Ru+4. The number of halogens is 2. The first-order chi connectivity index (χ1) is 18.3. The van der Waals surface area contributed by atoms with Crippen molar-refractivity contribution in [2.24, 2.45) is 5.73 Å². The molecule has 0 radical (unpaired) electrons. The van der Waals surface area contributed by atoms with E-state index in [1.807, 2.05) is 0 Å². The topological polar surface area (TPSA) is 29.3 Å². The van der Waals surface area contributed by atoms with Gasteiger partial charge < -0.3 is 5.73 Å². The van der Waals surface area contributed by atoms with Crippen molar-refractivity contribution >= 4 is 56.4 Å². The monoisotopic (exact) mass is 658 g/mol. The molecule has 0 spiro atoms. The Morgan fingerprint density at radius 1 is 0.514 bits per heavy atom. The van der Waals surface area contributed by atoms with E-state index in [-0.39, 0.29) is 15.1 Å². The van der Waals surface area contributed by atoms with Crippen LogP contribution >= 0.6 is 35.2 Å². The Morgan fingerprint density at radius 3 is 1.03 bits per heavy atom. The fraction of sp³-hybridized carbons (Fsp3) is 0.200. The first kappa shape index (κ1) is 30.4. The second-order valence-corrected chi connectivity index (χ2v) is 16.5. The Kier molecular flexibility index (Phi) is 15.0. The summed E-state index contributed by atoms with van der Waals surface area (Å²) in [5, 5.41) is 5.96. The molecule has 4 aromatic rings. The zero-order valence-corrected chi connectivity index (χ0v) is 26.2. The summed E-state index contributed by atoms with van der Waals surface area (Å²) in [4.78, 5) is 2.60. The Bertz CT molecular complexity index is 944. The molecular weight excluding hydrogens is 622 g/mol. The van der Waals surface area contributed by atoms with E-state index in [1.165, 1.54) is 33.5 Å². The Morgan fingerprint density at radius 2 is 0.784 bits per heavy atom. The predicted octanol–water partition coefficient (Wildman–Crippen LogP) is 5.35. The van der Waals surface area contributed by atoms with Crippen molar-refractivity contribution in [2.75, 3.05) is 38.5 Å². The Balaban J connectivity index is 0.00000121. The fourth-order valence-electron chi connectivity index (χ4n) is 4.53. The number of hydrogen-bond acceptors (Lipinski definition) is 2. The summed E-state index contributed by atoms with van der Waals surface area (Å²) in [5.74, 6) is 0. The van der Waals surface area contributed by atoms with Crippen molar-refractivity contribution in [1.82, 2.24) is 4.90 Å². The molecule has 4 aromatic carbocycles. The first-order valence-electron chi connectivity index (χ1n) is 12.5. The van der Waals surface area contributed by atoms with Gasteiger partial charge in [-0.3, -0.25) is 4.90 Å². The summed E-state index contributed by atoms with van der Waals surface area (Å²) >= 11 is -0.346. The van der Waals surface area contributed by atoms with Crippen molar-refractivity contribution in [3.05, 3.63) is 121 Å². The molecule has 7 heteroatoms. The zero-order chi connectivity index (χ0) is 26.1. The maximum absolute atomic E-state index is 6.06. The second kappa shape index (κ2) is 18.2. The molecule has 0 aromatic heterocycles. The van der Waals surface area contributed by atoms with Gasteiger partial charge in [0.15, 0.2) is 0 Å². The molecule has 194 valence electrons. The number of hydrogen-bond donors (Lipinski definition) is 1. The van der Waals surface area contributed by atoms with Gasteiger partial charge in [-0.25, -0.2) is 0 Å². The molecule has 0 atom stereocenters. The third kappa shape index (κ3) is 10.5. The summed E-state index contributed by atoms with van der Waals surface area (Å²) in [6.45, 7) is 3.84. The van der Waals surface area contributed by atoms with Crippen LogP contribution in [0, 0.1) is 0 Å². The SMILES string of the molecule is NCCN(CC[PH+](c1ccccc1)c1ccccc1)CC[PH+](c1ccccc1)c1ccccc1.[Cl][Ru+2][Cl]. The van der Waals surface area contributed by atoms with Crippen LogP contribution in [0.2, 0.25) is 0 Å². The quantitative estimate of drug-likeness (QED) is 0.164. The summed E-state index contributed by atoms with van der Waals surface area (Å²) in [6.07, 6.45) is 2.38. The molecule has 2 N–H and O–H groups in total. The Hall–Kier alpha value is -1.14. The van der Waals surface area contributed by atoms with E-state index in [1.54, 1.807) is 0 Å². The van der Waals surface area contributed by atoms with Crippen LogP contribution < -0.4 is 27.0 Å². The fourth-order valence-corrected chi connectivity index (χ4v) is 9.81. The molecule has 4 rings (SSSR count). The number of nitrogens with zero attached hydrogens (tertiary/aromatic N) is 1. The van der Waals surface area contributed by atoms with E-state index < -0.39 is 15.8 Å². The number of nitrogens with two attached hydrogens (primary N) is 1. The van der Waals surface area contributed by atoms with E-state index >= 15 is 0 Å². The van der Waals surface area contributed by atoms with Crippen LogP contribution in [0.1, 0.15) is 0 Å². The van der Waals surface area contributed by atoms with Crippen LogP contribution in [-0.2, 0) is 15.1 Å².